The summed E-state index contributed by atoms with van der Waals surface area (Å²) in [4.78, 5) is 38.3. The monoisotopic (exact) mass is 671 g/mol. The summed E-state index contributed by atoms with van der Waals surface area (Å²) in [5.41, 5.74) is 4.68. The molecule has 1 amide bonds. The van der Waals surface area contributed by atoms with E-state index in [1.54, 1.807) is 19.2 Å². The van der Waals surface area contributed by atoms with Crippen LogP contribution in [0.15, 0.2) is 36.4 Å². The maximum absolute atomic E-state index is 12.4. The lowest BCUT2D eigenvalue weighted by molar-refractivity contribution is -0.0756. The molecule has 2 aliphatic rings. The number of rotatable bonds is 7. The van der Waals surface area contributed by atoms with E-state index in [0.717, 1.165) is 52.7 Å². The van der Waals surface area contributed by atoms with Crippen molar-refractivity contribution in [1.29, 1.82) is 0 Å². The Morgan fingerprint density at radius 3 is 1.53 bits per heavy atom. The number of hydroxylamine groups is 2. The molecule has 0 bridgehead atoms. The summed E-state index contributed by atoms with van der Waals surface area (Å²) >= 11 is 0. The van der Waals surface area contributed by atoms with Crippen LogP contribution in [0.2, 0.25) is 0 Å². The van der Waals surface area contributed by atoms with E-state index in [2.05, 4.69) is 50.7 Å². The standard InChI is InChI=1S/C21H31N3O2.C19H26N2O2/c1-21(2,3)20-22-17-13-16(19(25)23(4)26-5)11-12-18(17)24(20)14-15-9-7-6-8-10-15;1-19(2,3)18-20-15-11-14(17(22)23)9-10-16(15)21(18)12-13-7-5-4-6-8-13/h11-13,15H,6-10,14H2,1-5H3;9-11,13H,4-8,12H2,1-3H3,(H,22,23). The molecule has 266 valence electrons. The Hall–Kier alpha value is -3.72. The first-order valence-corrected chi connectivity index (χ1v) is 18.2. The van der Waals surface area contributed by atoms with Crippen molar-refractivity contribution in [2.75, 3.05) is 14.2 Å². The molecule has 0 unspecified atom stereocenters. The number of aromatic nitrogens is 4. The number of imidazole rings is 2. The molecule has 0 atom stereocenters. The van der Waals surface area contributed by atoms with E-state index in [0.29, 0.717) is 17.0 Å². The van der Waals surface area contributed by atoms with E-state index in [9.17, 15) is 14.7 Å². The van der Waals surface area contributed by atoms with E-state index in [-0.39, 0.29) is 16.7 Å². The Morgan fingerprint density at radius 1 is 0.735 bits per heavy atom. The summed E-state index contributed by atoms with van der Waals surface area (Å²) in [5.74, 6) is 2.53. The fourth-order valence-electron chi connectivity index (χ4n) is 7.56. The van der Waals surface area contributed by atoms with Crippen LogP contribution in [0.5, 0.6) is 0 Å². The van der Waals surface area contributed by atoms with Crippen molar-refractivity contribution in [1.82, 2.24) is 24.2 Å². The molecular weight excluding hydrogens is 614 g/mol. The quantitative estimate of drug-likeness (QED) is 0.197. The molecule has 0 saturated heterocycles. The van der Waals surface area contributed by atoms with Crippen LogP contribution in [0.4, 0.5) is 0 Å². The molecular formula is C40H57N5O4. The highest BCUT2D eigenvalue weighted by molar-refractivity contribution is 5.97. The molecule has 2 heterocycles. The average molecular weight is 672 g/mol. The Balaban J connectivity index is 0.000000192. The zero-order chi connectivity index (χ0) is 35.5. The average Bonchev–Trinajstić information content (AvgIpc) is 3.63. The third-order valence-electron chi connectivity index (χ3n) is 10.2. The predicted octanol–water partition coefficient (Wildman–Crippen LogP) is 9.16. The first-order valence-electron chi connectivity index (χ1n) is 18.2. The van der Waals surface area contributed by atoms with Gasteiger partial charge in [0.15, 0.2) is 0 Å². The van der Waals surface area contributed by atoms with E-state index < -0.39 is 5.97 Å². The minimum absolute atomic E-state index is 0.0405. The third-order valence-corrected chi connectivity index (χ3v) is 10.2. The van der Waals surface area contributed by atoms with Crippen LogP contribution in [0.1, 0.15) is 138 Å². The second kappa shape index (κ2) is 15.0. The third kappa shape index (κ3) is 8.54. The first-order chi connectivity index (χ1) is 23.2. The van der Waals surface area contributed by atoms with Gasteiger partial charge < -0.3 is 14.2 Å². The number of fused-ring (bicyclic) bond motifs is 2. The molecule has 6 rings (SSSR count). The largest absolute Gasteiger partial charge is 0.478 e. The fraction of sp³-hybridized carbons (Fsp3) is 0.600. The zero-order valence-electron chi connectivity index (χ0n) is 31.0. The fourth-order valence-corrected chi connectivity index (χ4v) is 7.56. The normalized spacial score (nSPS) is 16.5. The van der Waals surface area contributed by atoms with Gasteiger partial charge in [-0.3, -0.25) is 9.63 Å². The summed E-state index contributed by atoms with van der Waals surface area (Å²) in [5, 5.41) is 10.4. The molecule has 4 aromatic rings. The van der Waals surface area contributed by atoms with Gasteiger partial charge in [-0.2, -0.15) is 0 Å². The van der Waals surface area contributed by atoms with Crippen molar-refractivity contribution in [3.05, 3.63) is 59.2 Å². The van der Waals surface area contributed by atoms with Gasteiger partial charge in [-0.25, -0.2) is 19.8 Å². The molecule has 1 N–H and O–H groups in total. The van der Waals surface area contributed by atoms with Gasteiger partial charge in [-0.1, -0.05) is 80.1 Å². The molecule has 2 aliphatic carbocycles. The highest BCUT2D eigenvalue weighted by Gasteiger charge is 2.27. The number of carbonyl (C=O) groups excluding carboxylic acids is 1. The second-order valence-corrected chi connectivity index (χ2v) is 16.3. The Labute approximate surface area is 292 Å². The molecule has 9 heteroatoms. The maximum Gasteiger partial charge on any atom is 0.335 e. The van der Waals surface area contributed by atoms with Crippen LogP contribution >= 0.6 is 0 Å². The van der Waals surface area contributed by atoms with Crippen LogP contribution in [0.3, 0.4) is 0 Å². The number of benzene rings is 2. The SMILES string of the molecule is CC(C)(C)c1nc2cc(C(=O)O)ccc2n1CC1CCCCC1.CON(C)C(=O)c1ccc2c(c1)nc(C(C)(C)C)n2CC1CCCCC1. The summed E-state index contributed by atoms with van der Waals surface area (Å²) in [6, 6.07) is 11.1. The van der Waals surface area contributed by atoms with Gasteiger partial charge in [-0.15, -0.1) is 0 Å². The van der Waals surface area contributed by atoms with Crippen LogP contribution in [-0.4, -0.2) is 55.3 Å². The van der Waals surface area contributed by atoms with Gasteiger partial charge >= 0.3 is 5.97 Å². The summed E-state index contributed by atoms with van der Waals surface area (Å²) in [6.07, 6.45) is 13.2. The summed E-state index contributed by atoms with van der Waals surface area (Å²) < 4.78 is 4.72. The van der Waals surface area contributed by atoms with E-state index in [1.165, 1.54) is 76.4 Å². The highest BCUT2D eigenvalue weighted by atomic mass is 16.7. The topological polar surface area (TPSA) is 102 Å². The molecule has 0 aliphatic heterocycles. The Morgan fingerprint density at radius 2 is 1.14 bits per heavy atom. The van der Waals surface area contributed by atoms with Gasteiger partial charge in [0.25, 0.3) is 5.91 Å². The number of carboxylic acid groups (broad SMARTS) is 1. The van der Waals surface area contributed by atoms with Gasteiger partial charge in [0, 0.05) is 36.5 Å². The molecule has 2 aromatic carbocycles. The molecule has 2 aromatic heterocycles. The number of carboxylic acids is 1. The lowest BCUT2D eigenvalue weighted by Gasteiger charge is -2.26. The van der Waals surface area contributed by atoms with Crippen molar-refractivity contribution in [2.45, 2.75) is 130 Å². The van der Waals surface area contributed by atoms with Gasteiger partial charge in [-0.05, 0) is 73.9 Å². The highest BCUT2D eigenvalue weighted by Crippen LogP contribution is 2.33. The molecule has 2 fully saturated rings. The molecule has 49 heavy (non-hydrogen) atoms. The second-order valence-electron chi connectivity index (χ2n) is 16.3. The number of hydrogen-bond donors (Lipinski definition) is 1. The number of nitrogens with zero attached hydrogens (tertiary/aromatic N) is 5. The minimum Gasteiger partial charge on any atom is -0.478 e. The first kappa shape index (κ1) is 36.6. The Bertz CT molecular complexity index is 1760. The maximum atomic E-state index is 12.4. The van der Waals surface area contributed by atoms with E-state index in [1.807, 2.05) is 24.3 Å². The smallest absolute Gasteiger partial charge is 0.335 e. The minimum atomic E-state index is -0.897. The number of hydrogen-bond acceptors (Lipinski definition) is 5. The number of amides is 1. The zero-order valence-corrected chi connectivity index (χ0v) is 31.0. The molecule has 9 nitrogen and oxygen atoms in total. The number of carbonyl (C=O) groups is 2. The van der Waals surface area contributed by atoms with Crippen LogP contribution in [-0.2, 0) is 28.8 Å². The predicted molar refractivity (Wildman–Crippen MR) is 196 cm³/mol. The van der Waals surface area contributed by atoms with Crippen LogP contribution < -0.4 is 0 Å². The summed E-state index contributed by atoms with van der Waals surface area (Å²) in [7, 11) is 3.11. The van der Waals surface area contributed by atoms with E-state index >= 15 is 0 Å². The van der Waals surface area contributed by atoms with Gasteiger partial charge in [0.1, 0.15) is 11.6 Å². The van der Waals surface area contributed by atoms with E-state index in [4.69, 9.17) is 14.8 Å². The van der Waals surface area contributed by atoms with Crippen molar-refractivity contribution < 1.29 is 19.5 Å². The van der Waals surface area contributed by atoms with Crippen molar-refractivity contribution in [3.8, 4) is 0 Å². The van der Waals surface area contributed by atoms with Crippen LogP contribution in [0.25, 0.3) is 22.1 Å². The Kier molecular flexibility index (Phi) is 11.2. The molecule has 0 radical (unpaired) electrons. The number of aromatic carboxylic acids is 1. The van der Waals surface area contributed by atoms with Crippen molar-refractivity contribution in [2.24, 2.45) is 11.8 Å². The van der Waals surface area contributed by atoms with Crippen LogP contribution in [0, 0.1) is 11.8 Å². The summed E-state index contributed by atoms with van der Waals surface area (Å²) in [6.45, 7) is 15.1. The molecule has 2 saturated carbocycles. The van der Waals surface area contributed by atoms with Gasteiger partial charge in [0.2, 0.25) is 0 Å². The lowest BCUT2D eigenvalue weighted by Crippen LogP contribution is -2.25. The van der Waals surface area contributed by atoms with Crippen molar-refractivity contribution >= 4 is 33.9 Å². The van der Waals surface area contributed by atoms with Crippen molar-refractivity contribution in [3.63, 3.8) is 0 Å². The lowest BCUT2D eigenvalue weighted by atomic mass is 9.88. The molecule has 0 spiro atoms. The van der Waals surface area contributed by atoms with Gasteiger partial charge in [0.05, 0.1) is 34.7 Å².